The van der Waals surface area contributed by atoms with Crippen molar-refractivity contribution in [3.63, 3.8) is 0 Å². The van der Waals surface area contributed by atoms with E-state index in [-0.39, 0.29) is 18.2 Å². The summed E-state index contributed by atoms with van der Waals surface area (Å²) in [6.45, 7) is 1.62. The van der Waals surface area contributed by atoms with E-state index in [9.17, 15) is 25.2 Å². The normalized spacial score (nSPS) is 36.1. The second-order valence-corrected chi connectivity index (χ2v) is 7.18. The maximum Gasteiger partial charge on any atom is 0.306 e. The first-order valence-corrected chi connectivity index (χ1v) is 9.61. The van der Waals surface area contributed by atoms with Gasteiger partial charge in [-0.1, -0.05) is 26.2 Å². The summed E-state index contributed by atoms with van der Waals surface area (Å²) in [5, 5.41) is 39.2. The Kier molecular flexibility index (Phi) is 8.72. The molecule has 2 aliphatic rings. The third-order valence-electron chi connectivity index (χ3n) is 5.08. The van der Waals surface area contributed by atoms with Crippen LogP contribution in [0.15, 0.2) is 0 Å². The minimum atomic E-state index is -1.45. The molecule has 7 atom stereocenters. The Bertz CT molecular complexity index is 429. The molecule has 0 aliphatic carbocycles. The fourth-order valence-corrected chi connectivity index (χ4v) is 3.43. The van der Waals surface area contributed by atoms with Crippen molar-refractivity contribution in [1.29, 1.82) is 0 Å². The molecule has 0 radical (unpaired) electrons. The zero-order chi connectivity index (χ0) is 19.1. The van der Waals surface area contributed by atoms with Crippen LogP contribution in [-0.2, 0) is 19.0 Å². The molecular formula is C18H32O8. The summed E-state index contributed by atoms with van der Waals surface area (Å²) in [6, 6.07) is 0. The second-order valence-electron chi connectivity index (χ2n) is 7.18. The van der Waals surface area contributed by atoms with Crippen LogP contribution in [0.1, 0.15) is 58.3 Å². The summed E-state index contributed by atoms with van der Waals surface area (Å²) in [4.78, 5) is 11.2. The molecule has 0 aromatic heterocycles. The zero-order valence-corrected chi connectivity index (χ0v) is 15.3. The van der Waals surface area contributed by atoms with E-state index in [1.165, 1.54) is 0 Å². The van der Waals surface area contributed by atoms with Gasteiger partial charge in [-0.15, -0.1) is 0 Å². The number of aliphatic hydroxyl groups is 4. The minimum Gasteiger partial charge on any atom is -0.462 e. The summed E-state index contributed by atoms with van der Waals surface area (Å²) in [6.07, 6.45) is -0.414. The predicted molar refractivity (Wildman–Crippen MR) is 91.1 cm³/mol. The van der Waals surface area contributed by atoms with Crippen molar-refractivity contribution in [2.45, 2.75) is 101 Å². The van der Waals surface area contributed by atoms with Crippen molar-refractivity contribution < 1.29 is 39.4 Å². The number of cyclic esters (lactones) is 1. The van der Waals surface area contributed by atoms with E-state index in [2.05, 4.69) is 6.92 Å². The van der Waals surface area contributed by atoms with E-state index >= 15 is 0 Å². The van der Waals surface area contributed by atoms with Crippen molar-refractivity contribution in [2.24, 2.45) is 0 Å². The van der Waals surface area contributed by atoms with Gasteiger partial charge < -0.3 is 34.6 Å². The van der Waals surface area contributed by atoms with Crippen LogP contribution in [0.25, 0.3) is 0 Å². The van der Waals surface area contributed by atoms with Crippen LogP contribution >= 0.6 is 0 Å². The van der Waals surface area contributed by atoms with Gasteiger partial charge >= 0.3 is 5.97 Å². The number of rotatable bonds is 10. The molecule has 152 valence electrons. The first kappa shape index (κ1) is 21.5. The van der Waals surface area contributed by atoms with E-state index in [4.69, 9.17) is 14.2 Å². The number of unbranched alkanes of at least 4 members (excludes halogenated alkanes) is 2. The number of esters is 1. The van der Waals surface area contributed by atoms with Gasteiger partial charge in [0.05, 0.1) is 12.7 Å². The zero-order valence-electron chi connectivity index (χ0n) is 15.3. The lowest BCUT2D eigenvalue weighted by atomic mass is 9.98. The number of ether oxygens (including phenoxy) is 3. The summed E-state index contributed by atoms with van der Waals surface area (Å²) in [5.41, 5.74) is 0. The van der Waals surface area contributed by atoms with E-state index in [1.807, 2.05) is 0 Å². The average molecular weight is 376 g/mol. The number of hydrogen-bond acceptors (Lipinski definition) is 8. The molecule has 0 spiro atoms. The highest BCUT2D eigenvalue weighted by atomic mass is 16.7. The van der Waals surface area contributed by atoms with Gasteiger partial charge in [-0.3, -0.25) is 4.79 Å². The quantitative estimate of drug-likeness (QED) is 0.316. The minimum absolute atomic E-state index is 0.102. The molecule has 2 heterocycles. The van der Waals surface area contributed by atoms with E-state index in [0.717, 1.165) is 25.7 Å². The first-order valence-electron chi connectivity index (χ1n) is 9.61. The molecule has 0 unspecified atom stereocenters. The predicted octanol–water partition coefficient (Wildman–Crippen LogP) is 0.238. The molecule has 0 amide bonds. The van der Waals surface area contributed by atoms with Crippen molar-refractivity contribution in [3.8, 4) is 0 Å². The van der Waals surface area contributed by atoms with Gasteiger partial charge in [0.2, 0.25) is 0 Å². The second kappa shape index (κ2) is 10.5. The molecule has 0 saturated carbocycles. The standard InChI is InChI=1S/C18H32O8/c1-2-3-4-5-11(6-7-12-8-9-14(20)24-12)25-18-17(23)16(22)15(21)13(10-19)26-18/h11-13,15-19,21-23H,2-10H2,1H3/t11-,12+,13+,15+,16-,17+,18+/m0/s1. The maximum atomic E-state index is 11.2. The number of carbonyl (C=O) groups is 1. The highest BCUT2D eigenvalue weighted by Crippen LogP contribution is 2.27. The van der Waals surface area contributed by atoms with Crippen LogP contribution in [0.5, 0.6) is 0 Å². The molecular weight excluding hydrogens is 344 g/mol. The monoisotopic (exact) mass is 376 g/mol. The van der Waals surface area contributed by atoms with Crippen molar-refractivity contribution in [1.82, 2.24) is 0 Å². The summed E-state index contributed by atoms with van der Waals surface area (Å²) in [7, 11) is 0. The van der Waals surface area contributed by atoms with Crippen molar-refractivity contribution in [3.05, 3.63) is 0 Å². The SMILES string of the molecule is CCCCC[C@@H](CC[C@@H]1CCC(=O)O1)O[C@@H]1O[C@H](CO)[C@@H](O)[C@H](O)[C@H]1O. The van der Waals surface area contributed by atoms with Gasteiger partial charge in [-0.05, 0) is 25.7 Å². The topological polar surface area (TPSA) is 126 Å². The lowest BCUT2D eigenvalue weighted by Gasteiger charge is -2.41. The Morgan fingerprint density at radius 1 is 1.15 bits per heavy atom. The Morgan fingerprint density at radius 3 is 2.54 bits per heavy atom. The average Bonchev–Trinajstić information content (AvgIpc) is 3.05. The van der Waals surface area contributed by atoms with Gasteiger partial charge in [0.1, 0.15) is 30.5 Å². The van der Waals surface area contributed by atoms with Crippen molar-refractivity contribution >= 4 is 5.97 Å². The van der Waals surface area contributed by atoms with Gasteiger partial charge in [0, 0.05) is 6.42 Å². The Balaban J connectivity index is 1.91. The molecule has 8 nitrogen and oxygen atoms in total. The summed E-state index contributed by atoms with van der Waals surface area (Å²) < 4.78 is 16.6. The third kappa shape index (κ3) is 5.87. The maximum absolute atomic E-state index is 11.2. The molecule has 4 N–H and O–H groups in total. The Labute approximate surface area is 154 Å². The molecule has 2 fully saturated rings. The number of carbonyl (C=O) groups excluding carboxylic acids is 1. The van der Waals surface area contributed by atoms with E-state index < -0.39 is 37.3 Å². The van der Waals surface area contributed by atoms with Gasteiger partial charge in [-0.2, -0.15) is 0 Å². The highest BCUT2D eigenvalue weighted by molar-refractivity contribution is 5.71. The lowest BCUT2D eigenvalue weighted by Crippen LogP contribution is -2.59. The van der Waals surface area contributed by atoms with Crippen LogP contribution in [0.3, 0.4) is 0 Å². The van der Waals surface area contributed by atoms with Crippen LogP contribution in [0.4, 0.5) is 0 Å². The summed E-state index contributed by atoms with van der Waals surface area (Å²) in [5.74, 6) is -0.174. The molecule has 0 bridgehead atoms. The third-order valence-corrected chi connectivity index (χ3v) is 5.08. The van der Waals surface area contributed by atoms with Gasteiger partial charge in [0.25, 0.3) is 0 Å². The molecule has 0 aromatic rings. The van der Waals surface area contributed by atoms with E-state index in [1.54, 1.807) is 0 Å². The fourth-order valence-electron chi connectivity index (χ4n) is 3.43. The largest absolute Gasteiger partial charge is 0.462 e. The number of aliphatic hydroxyl groups excluding tert-OH is 4. The molecule has 2 saturated heterocycles. The molecule has 0 aromatic carbocycles. The lowest BCUT2D eigenvalue weighted by molar-refractivity contribution is -0.312. The van der Waals surface area contributed by atoms with Crippen LogP contribution in [-0.4, -0.2) is 75.9 Å². The highest BCUT2D eigenvalue weighted by Gasteiger charge is 2.44. The van der Waals surface area contributed by atoms with Crippen LogP contribution < -0.4 is 0 Å². The first-order chi connectivity index (χ1) is 12.5. The Hall–Kier alpha value is -0.770. The van der Waals surface area contributed by atoms with Crippen LogP contribution in [0.2, 0.25) is 0 Å². The fraction of sp³-hybridized carbons (Fsp3) is 0.944. The van der Waals surface area contributed by atoms with Gasteiger partial charge in [-0.25, -0.2) is 0 Å². The summed E-state index contributed by atoms with van der Waals surface area (Å²) >= 11 is 0. The van der Waals surface area contributed by atoms with Crippen LogP contribution in [0, 0.1) is 0 Å². The molecule has 8 heteroatoms. The smallest absolute Gasteiger partial charge is 0.306 e. The van der Waals surface area contributed by atoms with E-state index in [0.29, 0.717) is 25.7 Å². The van der Waals surface area contributed by atoms with Gasteiger partial charge in [0.15, 0.2) is 6.29 Å². The molecule has 2 aliphatic heterocycles. The number of hydrogen-bond donors (Lipinski definition) is 4. The Morgan fingerprint density at radius 2 is 1.92 bits per heavy atom. The van der Waals surface area contributed by atoms with Crippen molar-refractivity contribution in [2.75, 3.05) is 6.61 Å². The molecule has 26 heavy (non-hydrogen) atoms. The molecule has 2 rings (SSSR count).